The third kappa shape index (κ3) is 4.14. The van der Waals surface area contributed by atoms with E-state index in [2.05, 4.69) is 4.74 Å². The Morgan fingerprint density at radius 2 is 1.71 bits per heavy atom. The smallest absolute Gasteiger partial charge is 0.326 e. The molecule has 0 aliphatic heterocycles. The lowest BCUT2D eigenvalue weighted by molar-refractivity contribution is -0.387. The van der Waals surface area contributed by atoms with Crippen molar-refractivity contribution in [3.05, 3.63) is 52.6 Å². The van der Waals surface area contributed by atoms with Gasteiger partial charge in [-0.05, 0) is 18.2 Å². The van der Waals surface area contributed by atoms with Crippen molar-refractivity contribution in [3.8, 4) is 11.5 Å². The summed E-state index contributed by atoms with van der Waals surface area (Å²) in [6.07, 6.45) is 0. The van der Waals surface area contributed by atoms with Gasteiger partial charge in [-0.3, -0.25) is 19.2 Å². The Hall–Kier alpha value is -3.34. The molecule has 2 aromatic rings. The molecule has 0 aliphatic rings. The molecule has 0 N–H and O–H groups in total. The second-order valence-corrected chi connectivity index (χ2v) is 7.18. The number of anilines is 1. The van der Waals surface area contributed by atoms with Crippen LogP contribution in [0.4, 0.5) is 11.4 Å². The molecule has 11 heteroatoms. The number of ether oxygens (including phenoxy) is 3. The topological polar surface area (TPSA) is 125 Å². The van der Waals surface area contributed by atoms with Gasteiger partial charge in [-0.1, -0.05) is 12.1 Å². The molecule has 0 unspecified atom stereocenters. The molecule has 0 bridgehead atoms. The molecule has 0 aromatic heterocycles. The molecule has 0 fully saturated rings. The largest absolute Gasteiger partial charge is 0.493 e. The van der Waals surface area contributed by atoms with Crippen LogP contribution in [0.1, 0.15) is 0 Å². The van der Waals surface area contributed by atoms with Crippen molar-refractivity contribution in [2.45, 2.75) is 4.90 Å². The van der Waals surface area contributed by atoms with Crippen LogP contribution in [0.25, 0.3) is 0 Å². The molecule has 0 amide bonds. The number of carbonyl (C=O) groups is 1. The van der Waals surface area contributed by atoms with E-state index in [9.17, 15) is 23.3 Å². The molecule has 0 saturated heterocycles. The van der Waals surface area contributed by atoms with Crippen LogP contribution in [0.5, 0.6) is 11.5 Å². The maximum Gasteiger partial charge on any atom is 0.326 e. The number of esters is 1. The van der Waals surface area contributed by atoms with Gasteiger partial charge in [0.1, 0.15) is 6.54 Å². The predicted molar refractivity (Wildman–Crippen MR) is 99.2 cm³/mol. The molecule has 2 aromatic carbocycles. The van der Waals surface area contributed by atoms with E-state index in [-0.39, 0.29) is 11.4 Å². The van der Waals surface area contributed by atoms with Crippen molar-refractivity contribution < 1.29 is 32.3 Å². The van der Waals surface area contributed by atoms with Crippen molar-refractivity contribution in [1.29, 1.82) is 0 Å². The summed E-state index contributed by atoms with van der Waals surface area (Å²) in [7, 11) is -0.607. The number of sulfonamides is 1. The molecule has 0 heterocycles. The van der Waals surface area contributed by atoms with E-state index in [1.165, 1.54) is 44.6 Å². The van der Waals surface area contributed by atoms with Gasteiger partial charge in [-0.15, -0.1) is 0 Å². The van der Waals surface area contributed by atoms with E-state index in [1.807, 2.05) is 0 Å². The number of carbonyl (C=O) groups excluding carboxylic acids is 1. The summed E-state index contributed by atoms with van der Waals surface area (Å²) < 4.78 is 42.0. The second-order valence-electron chi connectivity index (χ2n) is 5.35. The average Bonchev–Trinajstić information content (AvgIpc) is 2.70. The van der Waals surface area contributed by atoms with Gasteiger partial charge in [0.05, 0.1) is 31.9 Å². The van der Waals surface area contributed by atoms with Gasteiger partial charge < -0.3 is 14.2 Å². The zero-order valence-electron chi connectivity index (χ0n) is 15.3. The standard InChI is InChI=1S/C17H18N2O8S/c1-25-14-9-8-12(10-15(14)26-2)18(11-17(20)27-3)28(23,24)16-7-5-4-6-13(16)19(21)22/h4-10H,11H2,1-3H3. The molecule has 10 nitrogen and oxygen atoms in total. The van der Waals surface area contributed by atoms with Gasteiger partial charge in [0.25, 0.3) is 15.7 Å². The summed E-state index contributed by atoms with van der Waals surface area (Å²) in [6, 6.07) is 9.04. The second kappa shape index (κ2) is 8.57. The monoisotopic (exact) mass is 410 g/mol. The van der Waals surface area contributed by atoms with Crippen molar-refractivity contribution >= 4 is 27.4 Å². The number of nitro benzene ring substituents is 1. The normalized spacial score (nSPS) is 10.8. The number of hydrogen-bond acceptors (Lipinski definition) is 8. The Kier molecular flexibility index (Phi) is 6.41. The molecule has 0 spiro atoms. The molecule has 2 rings (SSSR count). The summed E-state index contributed by atoms with van der Waals surface area (Å²) in [5.74, 6) is -0.295. The molecule has 28 heavy (non-hydrogen) atoms. The van der Waals surface area contributed by atoms with Gasteiger partial charge in [0.15, 0.2) is 16.4 Å². The maximum absolute atomic E-state index is 13.2. The lowest BCUT2D eigenvalue weighted by Gasteiger charge is -2.24. The SMILES string of the molecule is COC(=O)CN(c1ccc(OC)c(OC)c1)S(=O)(=O)c1ccccc1[N+](=O)[O-]. The highest BCUT2D eigenvalue weighted by Gasteiger charge is 2.33. The van der Waals surface area contributed by atoms with Gasteiger partial charge in [0.2, 0.25) is 0 Å². The third-order valence-electron chi connectivity index (χ3n) is 3.79. The van der Waals surface area contributed by atoms with E-state index < -0.39 is 38.0 Å². The Morgan fingerprint density at radius 1 is 1.07 bits per heavy atom. The fourth-order valence-corrected chi connectivity index (χ4v) is 3.98. The highest BCUT2D eigenvalue weighted by Crippen LogP contribution is 2.35. The van der Waals surface area contributed by atoms with Gasteiger partial charge in [-0.2, -0.15) is 0 Å². The predicted octanol–water partition coefficient (Wildman–Crippen LogP) is 1.98. The van der Waals surface area contributed by atoms with Crippen LogP contribution in [0.15, 0.2) is 47.4 Å². The average molecular weight is 410 g/mol. The van der Waals surface area contributed by atoms with Crippen LogP contribution in [0, 0.1) is 10.1 Å². The molecule has 0 atom stereocenters. The number of benzene rings is 2. The summed E-state index contributed by atoms with van der Waals surface area (Å²) in [5, 5.41) is 11.3. The number of nitrogens with zero attached hydrogens (tertiary/aromatic N) is 2. The number of methoxy groups -OCH3 is 3. The summed E-state index contributed by atoms with van der Waals surface area (Å²) >= 11 is 0. The highest BCUT2D eigenvalue weighted by molar-refractivity contribution is 7.93. The zero-order valence-corrected chi connectivity index (χ0v) is 16.1. The molecule has 0 aliphatic carbocycles. The first-order valence-electron chi connectivity index (χ1n) is 7.81. The molecular weight excluding hydrogens is 392 g/mol. The van der Waals surface area contributed by atoms with Gasteiger partial charge in [-0.25, -0.2) is 8.42 Å². The van der Waals surface area contributed by atoms with Crippen molar-refractivity contribution in [3.63, 3.8) is 0 Å². The minimum Gasteiger partial charge on any atom is -0.493 e. The minimum absolute atomic E-state index is 0.0428. The van der Waals surface area contributed by atoms with Crippen LogP contribution in [-0.2, 0) is 19.6 Å². The number of nitro groups is 1. The third-order valence-corrected chi connectivity index (χ3v) is 5.61. The Balaban J connectivity index is 2.67. The molecular formula is C17H18N2O8S. The van der Waals surface area contributed by atoms with E-state index >= 15 is 0 Å². The Labute approximate surface area is 161 Å². The van der Waals surface area contributed by atoms with E-state index in [4.69, 9.17) is 9.47 Å². The summed E-state index contributed by atoms with van der Waals surface area (Å²) in [5.41, 5.74) is -0.570. The lowest BCUT2D eigenvalue weighted by atomic mass is 10.2. The Morgan fingerprint density at radius 3 is 2.29 bits per heavy atom. The van der Waals surface area contributed by atoms with Crippen LogP contribution in [0.3, 0.4) is 0 Å². The first-order chi connectivity index (χ1) is 13.3. The Bertz CT molecular complexity index is 990. The van der Waals surface area contributed by atoms with Crippen LogP contribution in [-0.4, -0.2) is 47.2 Å². The molecule has 0 radical (unpaired) electrons. The van der Waals surface area contributed by atoms with Crippen molar-refractivity contribution in [2.75, 3.05) is 32.2 Å². The van der Waals surface area contributed by atoms with Gasteiger partial charge in [0, 0.05) is 12.1 Å². The van der Waals surface area contributed by atoms with E-state index in [0.29, 0.717) is 10.1 Å². The fraction of sp³-hybridized carbons (Fsp3) is 0.235. The highest BCUT2D eigenvalue weighted by atomic mass is 32.2. The van der Waals surface area contributed by atoms with Gasteiger partial charge >= 0.3 is 5.97 Å². The number of para-hydroxylation sites is 1. The van der Waals surface area contributed by atoms with Crippen molar-refractivity contribution in [2.24, 2.45) is 0 Å². The summed E-state index contributed by atoms with van der Waals surface area (Å²) in [6.45, 7) is -0.694. The molecule has 150 valence electrons. The fourth-order valence-electron chi connectivity index (χ4n) is 2.42. The number of rotatable bonds is 8. The quantitative estimate of drug-likeness (QED) is 0.367. The van der Waals surface area contributed by atoms with Crippen LogP contribution < -0.4 is 13.8 Å². The molecule has 0 saturated carbocycles. The van der Waals surface area contributed by atoms with E-state index in [0.717, 1.165) is 19.2 Å². The van der Waals surface area contributed by atoms with Crippen LogP contribution >= 0.6 is 0 Å². The minimum atomic E-state index is -4.49. The van der Waals surface area contributed by atoms with E-state index in [1.54, 1.807) is 0 Å². The van der Waals surface area contributed by atoms with Crippen LogP contribution in [0.2, 0.25) is 0 Å². The number of hydrogen-bond donors (Lipinski definition) is 0. The summed E-state index contributed by atoms with van der Waals surface area (Å²) in [4.78, 5) is 21.8. The first-order valence-corrected chi connectivity index (χ1v) is 9.25. The first kappa shape index (κ1) is 21.0. The maximum atomic E-state index is 13.2. The zero-order chi connectivity index (χ0) is 20.9. The lowest BCUT2D eigenvalue weighted by Crippen LogP contribution is -2.36. The van der Waals surface area contributed by atoms with Crippen molar-refractivity contribution in [1.82, 2.24) is 0 Å².